The van der Waals surface area contributed by atoms with Crippen LogP contribution < -0.4 is 5.73 Å². The van der Waals surface area contributed by atoms with Gasteiger partial charge < -0.3 is 5.73 Å². The lowest BCUT2D eigenvalue weighted by Crippen LogP contribution is -2.41. The summed E-state index contributed by atoms with van der Waals surface area (Å²) in [6, 6.07) is 0. The summed E-state index contributed by atoms with van der Waals surface area (Å²) >= 11 is 0. The number of hydrogen-bond donors (Lipinski definition) is 1. The molecule has 0 saturated carbocycles. The Kier molecular flexibility index (Phi) is 38.2. The molecule has 2 N–H and O–H groups in total. The van der Waals surface area contributed by atoms with Crippen molar-refractivity contribution in [3.63, 3.8) is 0 Å². The molecule has 6 heteroatoms. The number of primary amides is 1. The molecule has 0 aromatic carbocycles. The summed E-state index contributed by atoms with van der Waals surface area (Å²) in [6.45, 7) is 4.52. The summed E-state index contributed by atoms with van der Waals surface area (Å²) in [5.41, 5.74) is 5.21. The maximum Gasteiger partial charge on any atom is 0.236 e. The van der Waals surface area contributed by atoms with Crippen LogP contribution in [0.2, 0.25) is 0 Å². The van der Waals surface area contributed by atoms with E-state index in [1.165, 1.54) is 103 Å². The van der Waals surface area contributed by atoms with Crippen molar-refractivity contribution in [2.45, 2.75) is 245 Å². The molecule has 0 fully saturated rings. The Balaban J connectivity index is 4.41. The van der Waals surface area contributed by atoms with E-state index >= 15 is 0 Å². The van der Waals surface area contributed by atoms with Gasteiger partial charge in [0, 0.05) is 25.7 Å². The summed E-state index contributed by atoms with van der Waals surface area (Å²) in [5, 5.41) is 0. The van der Waals surface area contributed by atoms with Gasteiger partial charge in [0.05, 0.1) is 0 Å². The maximum atomic E-state index is 13.2. The van der Waals surface area contributed by atoms with E-state index in [-0.39, 0.29) is 42.9 Å². The highest BCUT2D eigenvalue weighted by atomic mass is 16.2. The van der Waals surface area contributed by atoms with E-state index in [1.807, 2.05) is 0 Å². The van der Waals surface area contributed by atoms with Gasteiger partial charge in [0.15, 0.2) is 0 Å². The number of hydrogen-bond acceptors (Lipinski definition) is 4. The highest BCUT2D eigenvalue weighted by Gasteiger charge is 2.27. The smallest absolute Gasteiger partial charge is 0.236 e. The van der Waals surface area contributed by atoms with E-state index in [0.29, 0.717) is 12.8 Å². The van der Waals surface area contributed by atoms with Crippen LogP contribution in [0.4, 0.5) is 0 Å². The zero-order valence-corrected chi connectivity index (χ0v) is 34.4. The number of carbonyl (C=O) groups is 4. The van der Waals surface area contributed by atoms with Crippen LogP contribution in [0.5, 0.6) is 0 Å². The monoisotopic (exact) mass is 729 g/mol. The second-order valence-corrected chi connectivity index (χ2v) is 15.3. The topological polar surface area (TPSA) is 97.5 Å². The zero-order valence-electron chi connectivity index (χ0n) is 34.4. The second-order valence-electron chi connectivity index (χ2n) is 15.3. The van der Waals surface area contributed by atoms with Gasteiger partial charge in [-0.1, -0.05) is 167 Å². The number of imide groups is 3. The average Bonchev–Trinajstić information content (AvgIpc) is 3.12. The Morgan fingerprint density at radius 1 is 0.346 bits per heavy atom. The predicted octanol–water partition coefficient (Wildman–Crippen LogP) is 13.5. The van der Waals surface area contributed by atoms with Crippen molar-refractivity contribution in [3.8, 4) is 0 Å². The van der Waals surface area contributed by atoms with Gasteiger partial charge in [0.2, 0.25) is 23.6 Å². The van der Waals surface area contributed by atoms with Crippen LogP contribution in [-0.2, 0) is 19.2 Å². The van der Waals surface area contributed by atoms with Crippen molar-refractivity contribution in [2.24, 2.45) is 5.73 Å². The van der Waals surface area contributed by atoms with E-state index in [4.69, 9.17) is 5.73 Å². The summed E-state index contributed by atoms with van der Waals surface area (Å²) in [4.78, 5) is 51.5. The Labute approximate surface area is 322 Å². The van der Waals surface area contributed by atoms with Crippen molar-refractivity contribution in [1.29, 1.82) is 0 Å². The quantitative estimate of drug-likeness (QED) is 0.0503. The van der Waals surface area contributed by atoms with Crippen LogP contribution in [0.15, 0.2) is 24.3 Å². The first kappa shape index (κ1) is 49.8. The minimum absolute atomic E-state index is 0.234. The normalized spacial score (nSPS) is 11.6. The molecule has 0 spiro atoms. The summed E-state index contributed by atoms with van der Waals surface area (Å²) < 4.78 is 0. The van der Waals surface area contributed by atoms with Gasteiger partial charge in [0.1, 0.15) is 0 Å². The highest BCUT2D eigenvalue weighted by molar-refractivity contribution is 6.10. The number of rotatable bonds is 39. The molecule has 52 heavy (non-hydrogen) atoms. The highest BCUT2D eigenvalue weighted by Crippen LogP contribution is 2.16. The average molecular weight is 729 g/mol. The molecule has 0 radical (unpaired) electrons. The van der Waals surface area contributed by atoms with Gasteiger partial charge in [-0.3, -0.25) is 19.2 Å². The molecule has 0 aliphatic heterocycles. The third kappa shape index (κ3) is 34.8. The zero-order chi connectivity index (χ0) is 38.2. The molecule has 0 aliphatic carbocycles. The maximum absolute atomic E-state index is 13.2. The SMILES string of the molecule is CCCCCCCC/C=C\CCCCCCCC(=O)N(C(=O)CCCCCCC/C=C\CCCCCCCC)C(=O)CCCCCCCCC(N)=O. The molecule has 0 bridgehead atoms. The van der Waals surface area contributed by atoms with Crippen LogP contribution in [0, 0.1) is 0 Å². The number of nitrogens with two attached hydrogens (primary N) is 1. The van der Waals surface area contributed by atoms with E-state index < -0.39 is 0 Å². The van der Waals surface area contributed by atoms with Crippen LogP contribution in [0.25, 0.3) is 0 Å². The summed E-state index contributed by atoms with van der Waals surface area (Å²) in [5.74, 6) is -1.22. The first-order valence-electron chi connectivity index (χ1n) is 22.4. The summed E-state index contributed by atoms with van der Waals surface area (Å²) in [6.07, 6.45) is 46.6. The standard InChI is InChI=1S/C46H84N2O4/c1-3-5-7-9-11-13-15-17-19-21-23-25-27-32-36-40-44(50)48(46(52)42-38-34-30-29-31-35-39-43(47)49)45(51)41-37-33-28-26-24-22-20-18-16-14-12-10-8-6-4-2/h17-20H,3-16,21-42H2,1-2H3,(H2,47,49)/b19-17-,20-18-. The lowest BCUT2D eigenvalue weighted by atomic mass is 10.1. The Morgan fingerprint density at radius 2 is 0.577 bits per heavy atom. The molecule has 0 atom stereocenters. The molecule has 0 aromatic heterocycles. The molecule has 0 unspecified atom stereocenters. The molecule has 302 valence electrons. The van der Waals surface area contributed by atoms with Crippen molar-refractivity contribution in [1.82, 2.24) is 4.90 Å². The minimum atomic E-state index is -0.329. The lowest BCUT2D eigenvalue weighted by molar-refractivity contribution is -0.154. The molecule has 0 aromatic rings. The van der Waals surface area contributed by atoms with Gasteiger partial charge in [-0.15, -0.1) is 0 Å². The first-order chi connectivity index (χ1) is 25.4. The van der Waals surface area contributed by atoms with Crippen LogP contribution in [0.3, 0.4) is 0 Å². The number of amides is 4. The third-order valence-corrected chi connectivity index (χ3v) is 10.1. The minimum Gasteiger partial charge on any atom is -0.370 e. The van der Waals surface area contributed by atoms with E-state index in [1.54, 1.807) is 0 Å². The predicted molar refractivity (Wildman–Crippen MR) is 222 cm³/mol. The molecular weight excluding hydrogens is 645 g/mol. The molecular formula is C46H84N2O4. The second kappa shape index (κ2) is 40.0. The molecule has 4 amide bonds. The molecule has 0 rings (SSSR count). The lowest BCUT2D eigenvalue weighted by Gasteiger charge is -2.19. The largest absolute Gasteiger partial charge is 0.370 e. The van der Waals surface area contributed by atoms with Crippen molar-refractivity contribution >= 4 is 23.6 Å². The fraction of sp³-hybridized carbons (Fsp3) is 0.826. The molecule has 0 saturated heterocycles. The third-order valence-electron chi connectivity index (χ3n) is 10.1. The van der Waals surface area contributed by atoms with E-state index in [2.05, 4.69) is 38.2 Å². The van der Waals surface area contributed by atoms with Gasteiger partial charge in [-0.05, 0) is 77.0 Å². The first-order valence-corrected chi connectivity index (χ1v) is 22.4. The Hall–Kier alpha value is -2.24. The van der Waals surface area contributed by atoms with Gasteiger partial charge >= 0.3 is 0 Å². The van der Waals surface area contributed by atoms with Crippen LogP contribution in [0.1, 0.15) is 245 Å². The van der Waals surface area contributed by atoms with Crippen LogP contribution in [-0.4, -0.2) is 28.5 Å². The van der Waals surface area contributed by atoms with Gasteiger partial charge in [0.25, 0.3) is 0 Å². The Morgan fingerprint density at radius 3 is 0.846 bits per heavy atom. The van der Waals surface area contributed by atoms with E-state index in [9.17, 15) is 19.2 Å². The number of unbranched alkanes of at least 4 members (excludes halogenated alkanes) is 27. The number of carbonyl (C=O) groups excluding carboxylic acids is 4. The van der Waals surface area contributed by atoms with Crippen molar-refractivity contribution in [2.75, 3.05) is 0 Å². The van der Waals surface area contributed by atoms with Crippen molar-refractivity contribution < 1.29 is 19.2 Å². The fourth-order valence-electron chi connectivity index (χ4n) is 6.73. The number of nitrogens with zero attached hydrogens (tertiary/aromatic N) is 1. The van der Waals surface area contributed by atoms with Gasteiger partial charge in [-0.2, -0.15) is 0 Å². The number of allylic oxidation sites excluding steroid dienone is 4. The molecule has 0 heterocycles. The molecule has 6 nitrogen and oxygen atoms in total. The van der Waals surface area contributed by atoms with Gasteiger partial charge in [-0.25, -0.2) is 4.90 Å². The Bertz CT molecular complexity index is 860. The van der Waals surface area contributed by atoms with Crippen molar-refractivity contribution in [3.05, 3.63) is 24.3 Å². The van der Waals surface area contributed by atoms with E-state index in [0.717, 1.165) is 101 Å². The van der Waals surface area contributed by atoms with Crippen LogP contribution >= 0.6 is 0 Å². The fourth-order valence-corrected chi connectivity index (χ4v) is 6.73. The molecule has 0 aliphatic rings. The summed E-state index contributed by atoms with van der Waals surface area (Å²) in [7, 11) is 0.